The van der Waals surface area contributed by atoms with Gasteiger partial charge in [-0.15, -0.1) is 0 Å². The van der Waals surface area contributed by atoms with E-state index in [1.54, 1.807) is 4.90 Å². The van der Waals surface area contributed by atoms with Gasteiger partial charge in [0.25, 0.3) is 5.91 Å². The molecule has 2 fully saturated rings. The number of β-amino-alcohol motifs (C(OH)–C–C–N with tert-alkyl or cyclic N) is 1. The third kappa shape index (κ3) is 2.69. The summed E-state index contributed by atoms with van der Waals surface area (Å²) in [7, 11) is 0. The number of piperidine rings is 1. The standard InChI is InChI=1S/C11H19NO3/c13-9-4-3-6-12(8-9)11(14)10-5-1-2-7-15-10/h9-10,13H,1-8H2/t9-,10?/m0/s1. The molecular weight excluding hydrogens is 194 g/mol. The molecule has 0 aromatic rings. The van der Waals surface area contributed by atoms with E-state index < -0.39 is 0 Å². The van der Waals surface area contributed by atoms with Crippen molar-refractivity contribution in [3.63, 3.8) is 0 Å². The zero-order valence-corrected chi connectivity index (χ0v) is 9.02. The van der Waals surface area contributed by atoms with E-state index in [0.717, 1.165) is 38.6 Å². The lowest BCUT2D eigenvalue weighted by molar-refractivity contribution is -0.149. The van der Waals surface area contributed by atoms with Crippen LogP contribution >= 0.6 is 0 Å². The van der Waals surface area contributed by atoms with Gasteiger partial charge in [0.05, 0.1) is 6.10 Å². The van der Waals surface area contributed by atoms with E-state index >= 15 is 0 Å². The minimum atomic E-state index is -0.341. The maximum Gasteiger partial charge on any atom is 0.251 e. The Morgan fingerprint density at radius 3 is 2.80 bits per heavy atom. The van der Waals surface area contributed by atoms with E-state index in [-0.39, 0.29) is 18.1 Å². The van der Waals surface area contributed by atoms with Crippen molar-refractivity contribution in [2.75, 3.05) is 19.7 Å². The molecule has 2 aliphatic heterocycles. The van der Waals surface area contributed by atoms with Gasteiger partial charge in [-0.05, 0) is 32.1 Å². The normalized spacial score (nSPS) is 32.7. The summed E-state index contributed by atoms with van der Waals surface area (Å²) in [6, 6.07) is 0. The van der Waals surface area contributed by atoms with Crippen LogP contribution in [0.4, 0.5) is 0 Å². The first-order valence-electron chi connectivity index (χ1n) is 5.86. The topological polar surface area (TPSA) is 49.8 Å². The minimum absolute atomic E-state index is 0.0773. The van der Waals surface area contributed by atoms with E-state index in [4.69, 9.17) is 4.74 Å². The number of likely N-dealkylation sites (tertiary alicyclic amines) is 1. The van der Waals surface area contributed by atoms with Crippen molar-refractivity contribution in [2.24, 2.45) is 0 Å². The van der Waals surface area contributed by atoms with Crippen LogP contribution in [-0.2, 0) is 9.53 Å². The van der Waals surface area contributed by atoms with Gasteiger partial charge in [0.15, 0.2) is 0 Å². The van der Waals surface area contributed by atoms with Crippen LogP contribution in [0.2, 0.25) is 0 Å². The fraction of sp³-hybridized carbons (Fsp3) is 0.909. The van der Waals surface area contributed by atoms with Crippen molar-refractivity contribution in [3.8, 4) is 0 Å². The van der Waals surface area contributed by atoms with E-state index in [0.29, 0.717) is 13.2 Å². The third-order valence-electron chi connectivity index (χ3n) is 3.16. The SMILES string of the molecule is O=C(C1CCCCO1)N1CCC[C@H](O)C1. The van der Waals surface area contributed by atoms with Gasteiger partial charge in [0, 0.05) is 19.7 Å². The Labute approximate surface area is 90.2 Å². The van der Waals surface area contributed by atoms with Crippen LogP contribution in [0.3, 0.4) is 0 Å². The van der Waals surface area contributed by atoms with Crippen LogP contribution in [0.25, 0.3) is 0 Å². The Morgan fingerprint density at radius 2 is 2.13 bits per heavy atom. The molecule has 0 radical (unpaired) electrons. The molecule has 86 valence electrons. The molecule has 2 saturated heterocycles. The minimum Gasteiger partial charge on any atom is -0.391 e. The molecule has 0 aliphatic carbocycles. The van der Waals surface area contributed by atoms with Crippen LogP contribution in [-0.4, -0.2) is 47.8 Å². The average molecular weight is 213 g/mol. The highest BCUT2D eigenvalue weighted by Crippen LogP contribution is 2.18. The summed E-state index contributed by atoms with van der Waals surface area (Å²) < 4.78 is 5.46. The third-order valence-corrected chi connectivity index (χ3v) is 3.16. The van der Waals surface area contributed by atoms with E-state index in [1.165, 1.54) is 0 Å². The highest BCUT2D eigenvalue weighted by atomic mass is 16.5. The Hall–Kier alpha value is -0.610. The highest BCUT2D eigenvalue weighted by Gasteiger charge is 2.29. The second-order valence-corrected chi connectivity index (χ2v) is 4.44. The first-order valence-corrected chi connectivity index (χ1v) is 5.86. The van der Waals surface area contributed by atoms with Crippen molar-refractivity contribution in [3.05, 3.63) is 0 Å². The molecule has 15 heavy (non-hydrogen) atoms. The molecular formula is C11H19NO3. The molecule has 2 heterocycles. The van der Waals surface area contributed by atoms with Gasteiger partial charge < -0.3 is 14.7 Å². The Bertz CT molecular complexity index is 226. The molecule has 0 aromatic carbocycles. The van der Waals surface area contributed by atoms with Crippen LogP contribution in [0.15, 0.2) is 0 Å². The number of rotatable bonds is 1. The molecule has 0 saturated carbocycles. The highest BCUT2D eigenvalue weighted by molar-refractivity contribution is 5.81. The molecule has 1 unspecified atom stereocenters. The number of amides is 1. The second-order valence-electron chi connectivity index (χ2n) is 4.44. The van der Waals surface area contributed by atoms with Crippen molar-refractivity contribution in [1.82, 2.24) is 4.90 Å². The van der Waals surface area contributed by atoms with E-state index in [2.05, 4.69) is 0 Å². The van der Waals surface area contributed by atoms with Crippen LogP contribution < -0.4 is 0 Å². The molecule has 0 aromatic heterocycles. The molecule has 0 bridgehead atoms. The van der Waals surface area contributed by atoms with Gasteiger partial charge in [0.2, 0.25) is 0 Å². The number of carbonyl (C=O) groups is 1. The summed E-state index contributed by atoms with van der Waals surface area (Å²) in [5.74, 6) is 0.0773. The average Bonchev–Trinajstić information content (AvgIpc) is 2.29. The van der Waals surface area contributed by atoms with Crippen LogP contribution in [0.5, 0.6) is 0 Å². The van der Waals surface area contributed by atoms with Crippen molar-refractivity contribution < 1.29 is 14.6 Å². The zero-order valence-electron chi connectivity index (χ0n) is 9.02. The predicted octanol–water partition coefficient (Wildman–Crippen LogP) is 0.539. The van der Waals surface area contributed by atoms with Crippen molar-refractivity contribution in [2.45, 2.75) is 44.3 Å². The van der Waals surface area contributed by atoms with Crippen molar-refractivity contribution >= 4 is 5.91 Å². The first kappa shape index (κ1) is 10.9. The maximum atomic E-state index is 12.0. The Morgan fingerprint density at radius 1 is 1.27 bits per heavy atom. The lowest BCUT2D eigenvalue weighted by atomic mass is 10.0. The second kappa shape index (κ2) is 4.94. The Balaban J connectivity index is 1.88. The number of aliphatic hydroxyl groups is 1. The van der Waals surface area contributed by atoms with Gasteiger partial charge >= 0.3 is 0 Å². The number of ether oxygens (including phenoxy) is 1. The number of carbonyl (C=O) groups excluding carboxylic acids is 1. The predicted molar refractivity (Wildman–Crippen MR) is 55.4 cm³/mol. The number of hydrogen-bond acceptors (Lipinski definition) is 3. The number of aliphatic hydroxyl groups excluding tert-OH is 1. The molecule has 1 amide bonds. The summed E-state index contributed by atoms with van der Waals surface area (Å²) in [5, 5.41) is 9.49. The molecule has 4 heteroatoms. The molecule has 2 atom stereocenters. The van der Waals surface area contributed by atoms with Crippen molar-refractivity contribution in [1.29, 1.82) is 0 Å². The van der Waals surface area contributed by atoms with Crippen LogP contribution in [0.1, 0.15) is 32.1 Å². The fourth-order valence-electron chi connectivity index (χ4n) is 2.29. The van der Waals surface area contributed by atoms with Crippen LogP contribution in [0, 0.1) is 0 Å². The van der Waals surface area contributed by atoms with Gasteiger partial charge in [-0.1, -0.05) is 0 Å². The summed E-state index contributed by atoms with van der Waals surface area (Å²) >= 11 is 0. The summed E-state index contributed by atoms with van der Waals surface area (Å²) in [6.07, 6.45) is 4.11. The lowest BCUT2D eigenvalue weighted by Gasteiger charge is -2.33. The molecule has 0 spiro atoms. The Kier molecular flexibility index (Phi) is 3.59. The quantitative estimate of drug-likeness (QED) is 0.691. The van der Waals surface area contributed by atoms with E-state index in [1.807, 2.05) is 0 Å². The van der Waals surface area contributed by atoms with Gasteiger partial charge in [-0.25, -0.2) is 0 Å². The number of hydrogen-bond donors (Lipinski definition) is 1. The van der Waals surface area contributed by atoms with Gasteiger partial charge in [-0.3, -0.25) is 4.79 Å². The summed E-state index contributed by atoms with van der Waals surface area (Å²) in [4.78, 5) is 13.7. The fourth-order valence-corrected chi connectivity index (χ4v) is 2.29. The molecule has 4 nitrogen and oxygen atoms in total. The molecule has 2 rings (SSSR count). The van der Waals surface area contributed by atoms with Gasteiger partial charge in [-0.2, -0.15) is 0 Å². The van der Waals surface area contributed by atoms with E-state index in [9.17, 15) is 9.90 Å². The maximum absolute atomic E-state index is 12.0. The summed E-state index contributed by atoms with van der Waals surface area (Å²) in [5.41, 5.74) is 0. The summed E-state index contributed by atoms with van der Waals surface area (Å²) in [6.45, 7) is 1.96. The molecule has 1 N–H and O–H groups in total. The first-order chi connectivity index (χ1) is 7.27. The smallest absolute Gasteiger partial charge is 0.251 e. The van der Waals surface area contributed by atoms with Gasteiger partial charge in [0.1, 0.15) is 6.10 Å². The molecule has 2 aliphatic rings. The zero-order chi connectivity index (χ0) is 10.7. The monoisotopic (exact) mass is 213 g/mol. The lowest BCUT2D eigenvalue weighted by Crippen LogP contribution is -2.48. The largest absolute Gasteiger partial charge is 0.391 e. The number of nitrogens with zero attached hydrogens (tertiary/aromatic N) is 1.